The van der Waals surface area contributed by atoms with Crippen molar-refractivity contribution in [1.29, 1.82) is 0 Å². The van der Waals surface area contributed by atoms with Crippen LogP contribution in [-0.2, 0) is 0 Å². The van der Waals surface area contributed by atoms with Crippen molar-refractivity contribution in [2.24, 2.45) is 10.9 Å². The van der Waals surface area contributed by atoms with Gasteiger partial charge in [-0.05, 0) is 35.4 Å². The molecule has 0 radical (unpaired) electrons. The van der Waals surface area contributed by atoms with Gasteiger partial charge in [0.25, 0.3) is 0 Å². The standard InChI is InChI=1S/C14H13FN2O/c1-18-14-6-5-12(15)8-13(14)11-4-2-3-10(7-11)9-17-16/h2-9H,16H2,1H3. The first-order chi connectivity index (χ1) is 8.74. The largest absolute Gasteiger partial charge is 0.496 e. The predicted octanol–water partition coefficient (Wildman–Crippen LogP) is 2.79. The molecule has 92 valence electrons. The average Bonchev–Trinajstić information content (AvgIpc) is 2.39. The first-order valence-electron chi connectivity index (χ1n) is 5.42. The third-order valence-electron chi connectivity index (χ3n) is 2.58. The third kappa shape index (κ3) is 2.48. The smallest absolute Gasteiger partial charge is 0.126 e. The van der Waals surface area contributed by atoms with Crippen molar-refractivity contribution < 1.29 is 9.13 Å². The SMILES string of the molecule is COc1ccc(F)cc1-c1cccc(C=NN)c1. The summed E-state index contributed by atoms with van der Waals surface area (Å²) in [6, 6.07) is 11.9. The Morgan fingerprint density at radius 1 is 1.22 bits per heavy atom. The quantitative estimate of drug-likeness (QED) is 0.512. The second kappa shape index (κ2) is 5.31. The Morgan fingerprint density at radius 3 is 2.78 bits per heavy atom. The molecule has 0 heterocycles. The van der Waals surface area contributed by atoms with Gasteiger partial charge >= 0.3 is 0 Å². The van der Waals surface area contributed by atoms with Crippen LogP contribution in [0, 0.1) is 5.82 Å². The zero-order valence-electron chi connectivity index (χ0n) is 9.93. The monoisotopic (exact) mass is 244 g/mol. The van der Waals surface area contributed by atoms with Crippen LogP contribution in [0.25, 0.3) is 11.1 Å². The van der Waals surface area contributed by atoms with E-state index in [0.717, 1.165) is 11.1 Å². The van der Waals surface area contributed by atoms with Gasteiger partial charge < -0.3 is 10.6 Å². The highest BCUT2D eigenvalue weighted by Gasteiger charge is 2.07. The van der Waals surface area contributed by atoms with Gasteiger partial charge in [0.2, 0.25) is 0 Å². The maximum absolute atomic E-state index is 13.3. The Bertz CT molecular complexity index is 582. The van der Waals surface area contributed by atoms with Crippen molar-refractivity contribution in [1.82, 2.24) is 0 Å². The predicted molar refractivity (Wildman–Crippen MR) is 70.2 cm³/mol. The lowest BCUT2D eigenvalue weighted by Gasteiger charge is -2.09. The molecule has 4 heteroatoms. The molecule has 18 heavy (non-hydrogen) atoms. The van der Waals surface area contributed by atoms with E-state index in [-0.39, 0.29) is 5.82 Å². The van der Waals surface area contributed by atoms with Gasteiger partial charge in [0.1, 0.15) is 11.6 Å². The first-order valence-corrected chi connectivity index (χ1v) is 5.42. The Kier molecular flexibility index (Phi) is 3.57. The fourth-order valence-electron chi connectivity index (χ4n) is 1.78. The van der Waals surface area contributed by atoms with Crippen LogP contribution in [0.15, 0.2) is 47.6 Å². The van der Waals surface area contributed by atoms with Crippen molar-refractivity contribution in [2.75, 3.05) is 7.11 Å². The lowest BCUT2D eigenvalue weighted by Crippen LogP contribution is -1.91. The summed E-state index contributed by atoms with van der Waals surface area (Å²) < 4.78 is 18.5. The summed E-state index contributed by atoms with van der Waals surface area (Å²) in [5.41, 5.74) is 2.40. The summed E-state index contributed by atoms with van der Waals surface area (Å²) in [5, 5.41) is 3.47. The Hall–Kier alpha value is -2.36. The van der Waals surface area contributed by atoms with E-state index in [1.807, 2.05) is 24.3 Å². The molecule has 2 N–H and O–H groups in total. The highest BCUT2D eigenvalue weighted by Crippen LogP contribution is 2.30. The molecule has 0 aliphatic rings. The molecule has 0 bridgehead atoms. The van der Waals surface area contributed by atoms with Crippen molar-refractivity contribution in [3.05, 3.63) is 53.8 Å². The van der Waals surface area contributed by atoms with Gasteiger partial charge in [-0.1, -0.05) is 18.2 Å². The first kappa shape index (κ1) is 12.1. The third-order valence-corrected chi connectivity index (χ3v) is 2.58. The van der Waals surface area contributed by atoms with Crippen molar-refractivity contribution in [3.63, 3.8) is 0 Å². The Morgan fingerprint density at radius 2 is 2.06 bits per heavy atom. The van der Waals surface area contributed by atoms with Gasteiger partial charge in [0.15, 0.2) is 0 Å². The normalized spacial score (nSPS) is 10.8. The van der Waals surface area contributed by atoms with Crippen LogP contribution in [0.3, 0.4) is 0 Å². The molecule has 0 aliphatic heterocycles. The molecule has 0 saturated heterocycles. The van der Waals surface area contributed by atoms with E-state index in [1.165, 1.54) is 18.3 Å². The van der Waals surface area contributed by atoms with E-state index < -0.39 is 0 Å². The maximum atomic E-state index is 13.3. The molecule has 2 rings (SSSR count). The molecule has 0 unspecified atom stereocenters. The molecule has 0 fully saturated rings. The molecular weight excluding hydrogens is 231 g/mol. The number of methoxy groups -OCH3 is 1. The van der Waals surface area contributed by atoms with Gasteiger partial charge in [0, 0.05) is 5.56 Å². The number of halogens is 1. The molecule has 2 aromatic rings. The van der Waals surface area contributed by atoms with E-state index in [2.05, 4.69) is 5.10 Å². The highest BCUT2D eigenvalue weighted by atomic mass is 19.1. The topological polar surface area (TPSA) is 47.6 Å². The minimum Gasteiger partial charge on any atom is -0.496 e. The van der Waals surface area contributed by atoms with Crippen molar-refractivity contribution in [2.45, 2.75) is 0 Å². The fourth-order valence-corrected chi connectivity index (χ4v) is 1.78. The van der Waals surface area contributed by atoms with Crippen LogP contribution in [0.5, 0.6) is 5.75 Å². The van der Waals surface area contributed by atoms with Gasteiger partial charge in [-0.2, -0.15) is 5.10 Å². The number of ether oxygens (including phenoxy) is 1. The van der Waals surface area contributed by atoms with E-state index in [0.29, 0.717) is 11.3 Å². The Labute approximate surface area is 105 Å². The molecule has 2 aromatic carbocycles. The van der Waals surface area contributed by atoms with Crippen LogP contribution in [-0.4, -0.2) is 13.3 Å². The van der Waals surface area contributed by atoms with E-state index in [1.54, 1.807) is 13.2 Å². The van der Waals surface area contributed by atoms with Crippen LogP contribution >= 0.6 is 0 Å². The number of nitrogens with zero attached hydrogens (tertiary/aromatic N) is 1. The maximum Gasteiger partial charge on any atom is 0.126 e. The number of benzene rings is 2. The van der Waals surface area contributed by atoms with Gasteiger partial charge in [-0.3, -0.25) is 0 Å². The molecule has 0 aliphatic carbocycles. The second-order valence-corrected chi connectivity index (χ2v) is 3.75. The van der Waals surface area contributed by atoms with Crippen LogP contribution in [0.2, 0.25) is 0 Å². The zero-order chi connectivity index (χ0) is 13.0. The lowest BCUT2D eigenvalue weighted by molar-refractivity contribution is 0.415. The number of hydrogen-bond donors (Lipinski definition) is 1. The van der Waals surface area contributed by atoms with Crippen molar-refractivity contribution in [3.8, 4) is 16.9 Å². The summed E-state index contributed by atoms with van der Waals surface area (Å²) in [7, 11) is 1.56. The lowest BCUT2D eigenvalue weighted by atomic mass is 10.0. The zero-order valence-corrected chi connectivity index (χ0v) is 9.93. The van der Waals surface area contributed by atoms with Gasteiger partial charge in [0.05, 0.1) is 13.3 Å². The fraction of sp³-hybridized carbons (Fsp3) is 0.0714. The van der Waals surface area contributed by atoms with Gasteiger partial charge in [-0.15, -0.1) is 0 Å². The molecule has 0 amide bonds. The molecule has 0 spiro atoms. The summed E-state index contributed by atoms with van der Waals surface area (Å²) in [5.74, 6) is 5.44. The summed E-state index contributed by atoms with van der Waals surface area (Å²) in [6.45, 7) is 0. The Balaban J connectivity index is 2.53. The summed E-state index contributed by atoms with van der Waals surface area (Å²) in [4.78, 5) is 0. The molecule has 0 saturated carbocycles. The van der Waals surface area contributed by atoms with Crippen LogP contribution in [0.4, 0.5) is 4.39 Å². The average molecular weight is 244 g/mol. The highest BCUT2D eigenvalue weighted by molar-refractivity contribution is 5.83. The second-order valence-electron chi connectivity index (χ2n) is 3.75. The van der Waals surface area contributed by atoms with Gasteiger partial charge in [-0.25, -0.2) is 4.39 Å². The summed E-state index contributed by atoms with van der Waals surface area (Å²) >= 11 is 0. The van der Waals surface area contributed by atoms with E-state index >= 15 is 0 Å². The molecule has 0 atom stereocenters. The molecule has 0 aromatic heterocycles. The minimum atomic E-state index is -0.302. The van der Waals surface area contributed by atoms with Crippen molar-refractivity contribution >= 4 is 6.21 Å². The minimum absolute atomic E-state index is 0.302. The molecule has 3 nitrogen and oxygen atoms in total. The van der Waals surface area contributed by atoms with E-state index in [9.17, 15) is 4.39 Å². The number of rotatable bonds is 3. The summed E-state index contributed by atoms with van der Waals surface area (Å²) in [6.07, 6.45) is 1.54. The number of hydrazone groups is 1. The number of hydrogen-bond acceptors (Lipinski definition) is 3. The van der Waals surface area contributed by atoms with E-state index in [4.69, 9.17) is 10.6 Å². The van der Waals surface area contributed by atoms with Crippen LogP contribution in [0.1, 0.15) is 5.56 Å². The number of nitrogens with two attached hydrogens (primary N) is 1. The molecular formula is C14H13FN2O. The van der Waals surface area contributed by atoms with Crippen LogP contribution < -0.4 is 10.6 Å².